The van der Waals surface area contributed by atoms with Gasteiger partial charge in [0.05, 0.1) is 0 Å². The molecule has 0 saturated heterocycles. The minimum atomic E-state index is -0.719. The minimum absolute atomic E-state index is 0.0398. The second-order valence-electron chi connectivity index (χ2n) is 5.09. The number of H-pyrrole nitrogens is 1. The number of benzene rings is 1. The Morgan fingerprint density at radius 3 is 2.65 bits per heavy atom. The molecule has 0 aliphatic heterocycles. The lowest BCUT2D eigenvalue weighted by molar-refractivity contribution is 0.0945. The molecule has 1 amide bonds. The van der Waals surface area contributed by atoms with Gasteiger partial charge in [-0.3, -0.25) is 9.59 Å². The van der Waals surface area contributed by atoms with Crippen LogP contribution in [0.25, 0.3) is 5.52 Å². The topological polar surface area (TPSA) is 79.3 Å². The fourth-order valence-corrected chi connectivity index (χ4v) is 2.22. The molecule has 3 aromatic rings. The second-order valence-corrected chi connectivity index (χ2v) is 5.09. The van der Waals surface area contributed by atoms with Crippen molar-refractivity contribution in [2.24, 2.45) is 0 Å². The van der Waals surface area contributed by atoms with Crippen molar-refractivity contribution in [1.82, 2.24) is 19.9 Å². The van der Waals surface area contributed by atoms with Crippen LogP contribution in [-0.2, 0) is 6.54 Å². The van der Waals surface area contributed by atoms with Gasteiger partial charge in [-0.2, -0.15) is 5.10 Å². The molecule has 3 rings (SSSR count). The van der Waals surface area contributed by atoms with E-state index in [9.17, 15) is 18.4 Å². The summed E-state index contributed by atoms with van der Waals surface area (Å²) in [5, 5.41) is 6.52. The van der Waals surface area contributed by atoms with Gasteiger partial charge in [0.2, 0.25) is 0 Å². The molecule has 0 bridgehead atoms. The molecule has 2 N–H and O–H groups in total. The standard InChI is InChI=1S/C15H12F2N4O2/c1-8-7-21-13(15(23)19-8)5-12(20-21)14(22)18-6-9-2-10(16)4-11(17)3-9/h2-5,7H,6H2,1H3,(H,18,22)(H,19,23). The molecule has 23 heavy (non-hydrogen) atoms. The molecule has 2 aromatic heterocycles. The Morgan fingerprint density at radius 2 is 1.96 bits per heavy atom. The monoisotopic (exact) mass is 318 g/mol. The Hall–Kier alpha value is -3.03. The second kappa shape index (κ2) is 5.64. The predicted molar refractivity (Wildman–Crippen MR) is 78.1 cm³/mol. The van der Waals surface area contributed by atoms with Gasteiger partial charge in [0.1, 0.15) is 17.2 Å². The van der Waals surface area contributed by atoms with E-state index in [-0.39, 0.29) is 28.9 Å². The Labute approximate surface area is 128 Å². The van der Waals surface area contributed by atoms with Gasteiger partial charge in [0.15, 0.2) is 5.69 Å². The molecule has 0 radical (unpaired) electrons. The number of amides is 1. The van der Waals surface area contributed by atoms with E-state index < -0.39 is 17.5 Å². The van der Waals surface area contributed by atoms with Crippen LogP contribution >= 0.6 is 0 Å². The lowest BCUT2D eigenvalue weighted by Gasteiger charge is -2.04. The summed E-state index contributed by atoms with van der Waals surface area (Å²) < 4.78 is 27.5. The van der Waals surface area contributed by atoms with Crippen molar-refractivity contribution in [3.8, 4) is 0 Å². The van der Waals surface area contributed by atoms with E-state index in [1.54, 1.807) is 13.1 Å². The van der Waals surface area contributed by atoms with E-state index in [1.165, 1.54) is 10.6 Å². The molecule has 6 nitrogen and oxygen atoms in total. The van der Waals surface area contributed by atoms with Crippen molar-refractivity contribution in [2.45, 2.75) is 13.5 Å². The lowest BCUT2D eigenvalue weighted by Crippen LogP contribution is -2.23. The van der Waals surface area contributed by atoms with Crippen molar-refractivity contribution in [1.29, 1.82) is 0 Å². The number of hydrogen-bond acceptors (Lipinski definition) is 3. The van der Waals surface area contributed by atoms with Crippen LogP contribution in [-0.4, -0.2) is 20.5 Å². The maximum Gasteiger partial charge on any atom is 0.274 e. The van der Waals surface area contributed by atoms with Crippen LogP contribution < -0.4 is 10.9 Å². The maximum absolute atomic E-state index is 13.1. The number of nitrogens with zero attached hydrogens (tertiary/aromatic N) is 2. The number of aromatic amines is 1. The largest absolute Gasteiger partial charge is 0.347 e. The highest BCUT2D eigenvalue weighted by molar-refractivity contribution is 5.93. The first-order valence-corrected chi connectivity index (χ1v) is 6.75. The molecule has 1 aromatic carbocycles. The van der Waals surface area contributed by atoms with Crippen molar-refractivity contribution >= 4 is 11.4 Å². The number of aryl methyl sites for hydroxylation is 1. The fourth-order valence-electron chi connectivity index (χ4n) is 2.22. The number of carbonyl (C=O) groups is 1. The van der Waals surface area contributed by atoms with Gasteiger partial charge < -0.3 is 10.3 Å². The smallest absolute Gasteiger partial charge is 0.274 e. The molecule has 2 heterocycles. The Morgan fingerprint density at radius 1 is 1.26 bits per heavy atom. The summed E-state index contributed by atoms with van der Waals surface area (Å²) >= 11 is 0. The van der Waals surface area contributed by atoms with Crippen LogP contribution in [0.2, 0.25) is 0 Å². The number of carbonyl (C=O) groups excluding carboxylic acids is 1. The van der Waals surface area contributed by atoms with Gasteiger partial charge in [0, 0.05) is 30.6 Å². The minimum Gasteiger partial charge on any atom is -0.347 e. The number of aromatic nitrogens is 3. The van der Waals surface area contributed by atoms with Crippen molar-refractivity contribution in [3.05, 3.63) is 69.4 Å². The average molecular weight is 318 g/mol. The highest BCUT2D eigenvalue weighted by atomic mass is 19.1. The van der Waals surface area contributed by atoms with Gasteiger partial charge in [-0.05, 0) is 24.6 Å². The summed E-state index contributed by atoms with van der Waals surface area (Å²) in [6.45, 7) is 1.64. The normalized spacial score (nSPS) is 10.9. The third-order valence-electron chi connectivity index (χ3n) is 3.20. The molecule has 0 spiro atoms. The molecule has 0 saturated carbocycles. The number of halogens is 2. The van der Waals surface area contributed by atoms with Gasteiger partial charge in [-0.1, -0.05) is 0 Å². The third kappa shape index (κ3) is 3.10. The van der Waals surface area contributed by atoms with Gasteiger partial charge in [-0.15, -0.1) is 0 Å². The summed E-state index contributed by atoms with van der Waals surface area (Å²) in [5.41, 5.74) is 0.806. The van der Waals surface area contributed by atoms with Gasteiger partial charge >= 0.3 is 0 Å². The van der Waals surface area contributed by atoms with Crippen molar-refractivity contribution < 1.29 is 13.6 Å². The first-order valence-electron chi connectivity index (χ1n) is 6.75. The molecule has 0 atom stereocenters. The number of nitrogens with one attached hydrogen (secondary N) is 2. The molecular weight excluding hydrogens is 306 g/mol. The van der Waals surface area contributed by atoms with E-state index >= 15 is 0 Å². The third-order valence-corrected chi connectivity index (χ3v) is 3.20. The van der Waals surface area contributed by atoms with Gasteiger partial charge in [0.25, 0.3) is 11.5 Å². The van der Waals surface area contributed by atoms with Crippen LogP contribution in [0.1, 0.15) is 21.7 Å². The fraction of sp³-hybridized carbons (Fsp3) is 0.133. The Balaban J connectivity index is 1.81. The highest BCUT2D eigenvalue weighted by Crippen LogP contribution is 2.08. The average Bonchev–Trinajstić information content (AvgIpc) is 2.88. The molecule has 0 fully saturated rings. The molecular formula is C15H12F2N4O2. The number of hydrogen-bond donors (Lipinski definition) is 2. The quantitative estimate of drug-likeness (QED) is 0.769. The van der Waals surface area contributed by atoms with Crippen LogP contribution in [0.15, 0.2) is 35.3 Å². The van der Waals surface area contributed by atoms with Crippen LogP contribution in [0, 0.1) is 18.6 Å². The summed E-state index contributed by atoms with van der Waals surface area (Å²) in [4.78, 5) is 26.4. The zero-order valence-corrected chi connectivity index (χ0v) is 12.1. The first kappa shape index (κ1) is 14.9. The summed E-state index contributed by atoms with van der Waals surface area (Å²) in [6.07, 6.45) is 1.58. The van der Waals surface area contributed by atoms with Crippen LogP contribution in [0.3, 0.4) is 0 Å². The zero-order chi connectivity index (χ0) is 16.6. The van der Waals surface area contributed by atoms with E-state index in [0.29, 0.717) is 5.69 Å². The molecule has 0 aliphatic carbocycles. The Kier molecular flexibility index (Phi) is 3.65. The van der Waals surface area contributed by atoms with Crippen molar-refractivity contribution in [3.63, 3.8) is 0 Å². The van der Waals surface area contributed by atoms with Gasteiger partial charge in [-0.25, -0.2) is 13.3 Å². The van der Waals surface area contributed by atoms with E-state index in [0.717, 1.165) is 18.2 Å². The highest BCUT2D eigenvalue weighted by Gasteiger charge is 2.13. The molecule has 0 aliphatic rings. The summed E-state index contributed by atoms with van der Waals surface area (Å²) in [5.74, 6) is -1.98. The summed E-state index contributed by atoms with van der Waals surface area (Å²) in [6, 6.07) is 4.35. The first-order chi connectivity index (χ1) is 10.9. The zero-order valence-electron chi connectivity index (χ0n) is 12.1. The van der Waals surface area contributed by atoms with E-state index in [4.69, 9.17) is 0 Å². The molecule has 0 unspecified atom stereocenters. The molecule has 118 valence electrons. The summed E-state index contributed by atoms with van der Waals surface area (Å²) in [7, 11) is 0. The lowest BCUT2D eigenvalue weighted by atomic mass is 10.2. The maximum atomic E-state index is 13.1. The SMILES string of the molecule is Cc1cn2nc(C(=O)NCc3cc(F)cc(F)c3)cc2c(=O)[nH]1. The van der Waals surface area contributed by atoms with Crippen molar-refractivity contribution in [2.75, 3.05) is 0 Å². The Bertz CT molecular complexity index is 942. The van der Waals surface area contributed by atoms with E-state index in [1.807, 2.05) is 0 Å². The van der Waals surface area contributed by atoms with E-state index in [2.05, 4.69) is 15.4 Å². The number of fused-ring (bicyclic) bond motifs is 1. The number of rotatable bonds is 3. The van der Waals surface area contributed by atoms with Crippen LogP contribution in [0.5, 0.6) is 0 Å². The predicted octanol–water partition coefficient (Wildman–Crippen LogP) is 1.54. The molecule has 8 heteroatoms. The van der Waals surface area contributed by atoms with Crippen LogP contribution in [0.4, 0.5) is 8.78 Å².